The molecule has 1 amide bonds. The zero-order chi connectivity index (χ0) is 18.2. The number of thioether (sulfide) groups is 1. The number of ether oxygens (including phenoxy) is 1. The van der Waals surface area contributed by atoms with Crippen LogP contribution in [0, 0.1) is 0 Å². The van der Waals surface area contributed by atoms with Gasteiger partial charge in [-0.1, -0.05) is 41.9 Å². The van der Waals surface area contributed by atoms with E-state index in [4.69, 9.17) is 16.3 Å². The van der Waals surface area contributed by atoms with Crippen LogP contribution in [0.5, 0.6) is 0 Å². The fourth-order valence-corrected chi connectivity index (χ4v) is 3.12. The molecule has 0 saturated carbocycles. The van der Waals surface area contributed by atoms with Gasteiger partial charge in [0.05, 0.1) is 22.4 Å². The summed E-state index contributed by atoms with van der Waals surface area (Å²) in [5.74, 6) is 0.123. The predicted octanol–water partition coefficient (Wildman–Crippen LogP) is 4.78. The average molecular weight is 378 g/mol. The first-order valence-corrected chi connectivity index (χ1v) is 9.37. The number of nitrogens with one attached hydrogen (secondary N) is 1. The van der Waals surface area contributed by atoms with Crippen molar-refractivity contribution in [2.24, 2.45) is 0 Å². The smallest absolute Gasteiger partial charge is 0.339 e. The molecule has 0 heterocycles. The number of hydrogen-bond donors (Lipinski definition) is 1. The summed E-state index contributed by atoms with van der Waals surface area (Å²) in [4.78, 5) is 24.2. The van der Waals surface area contributed by atoms with Crippen LogP contribution < -0.4 is 5.32 Å². The molecular weight excluding hydrogens is 358 g/mol. The van der Waals surface area contributed by atoms with Crippen LogP contribution in [0.4, 0.5) is 5.69 Å². The zero-order valence-corrected chi connectivity index (χ0v) is 15.7. The second-order valence-corrected chi connectivity index (χ2v) is 7.08. The molecule has 0 aliphatic rings. The predicted molar refractivity (Wildman–Crippen MR) is 103 cm³/mol. The van der Waals surface area contributed by atoms with Gasteiger partial charge >= 0.3 is 5.97 Å². The molecule has 0 fully saturated rings. The van der Waals surface area contributed by atoms with Crippen LogP contribution in [0.25, 0.3) is 0 Å². The second kappa shape index (κ2) is 9.49. The minimum atomic E-state index is -0.505. The standard InChI is InChI=1S/C19H20ClNO3S/c1-3-24-19(23)16-11-15(9-10-17(16)20)21-18(22)13(2)25-12-14-7-5-4-6-8-14/h4-11,13H,3,12H2,1-2H3,(H,21,22). The SMILES string of the molecule is CCOC(=O)c1cc(NC(=O)C(C)SCc2ccccc2)ccc1Cl. The van der Waals surface area contributed by atoms with Gasteiger partial charge in [-0.25, -0.2) is 4.79 Å². The zero-order valence-electron chi connectivity index (χ0n) is 14.1. The van der Waals surface area contributed by atoms with Gasteiger partial charge in [0.15, 0.2) is 0 Å². The van der Waals surface area contributed by atoms with Crippen molar-refractivity contribution in [3.05, 3.63) is 64.7 Å². The van der Waals surface area contributed by atoms with Gasteiger partial charge in [-0.05, 0) is 37.6 Å². The van der Waals surface area contributed by atoms with E-state index in [-0.39, 0.29) is 23.3 Å². The van der Waals surface area contributed by atoms with E-state index in [1.807, 2.05) is 37.3 Å². The number of halogens is 1. The van der Waals surface area contributed by atoms with Crippen molar-refractivity contribution in [2.45, 2.75) is 24.9 Å². The Hall–Kier alpha value is -1.98. The van der Waals surface area contributed by atoms with Gasteiger partial charge in [0.1, 0.15) is 0 Å². The van der Waals surface area contributed by atoms with E-state index >= 15 is 0 Å². The Bertz CT molecular complexity index is 737. The molecule has 1 N–H and O–H groups in total. The Labute approximate surface area is 156 Å². The van der Waals surface area contributed by atoms with Crippen molar-refractivity contribution >= 4 is 40.9 Å². The lowest BCUT2D eigenvalue weighted by Gasteiger charge is -2.13. The van der Waals surface area contributed by atoms with Crippen LogP contribution >= 0.6 is 23.4 Å². The first-order chi connectivity index (χ1) is 12.0. The number of amides is 1. The summed E-state index contributed by atoms with van der Waals surface area (Å²) in [6.07, 6.45) is 0. The summed E-state index contributed by atoms with van der Waals surface area (Å²) in [6, 6.07) is 14.8. The first kappa shape index (κ1) is 19.3. The number of rotatable bonds is 7. The van der Waals surface area contributed by atoms with E-state index < -0.39 is 5.97 Å². The van der Waals surface area contributed by atoms with Crippen LogP contribution in [0.3, 0.4) is 0 Å². The summed E-state index contributed by atoms with van der Waals surface area (Å²) in [5, 5.41) is 2.88. The van der Waals surface area contributed by atoms with Gasteiger partial charge < -0.3 is 10.1 Å². The second-order valence-electron chi connectivity index (χ2n) is 5.34. The van der Waals surface area contributed by atoms with E-state index in [0.717, 1.165) is 5.75 Å². The number of carbonyl (C=O) groups excluding carboxylic acids is 2. The van der Waals surface area contributed by atoms with Crippen LogP contribution in [0.1, 0.15) is 29.8 Å². The molecule has 25 heavy (non-hydrogen) atoms. The van der Waals surface area contributed by atoms with Crippen LogP contribution in [-0.4, -0.2) is 23.7 Å². The van der Waals surface area contributed by atoms with Crippen LogP contribution in [-0.2, 0) is 15.3 Å². The minimum absolute atomic E-state index is 0.127. The molecule has 1 unspecified atom stereocenters. The highest BCUT2D eigenvalue weighted by Gasteiger charge is 2.16. The van der Waals surface area contributed by atoms with Crippen LogP contribution in [0.15, 0.2) is 48.5 Å². The third kappa shape index (κ3) is 5.80. The summed E-state index contributed by atoms with van der Waals surface area (Å²) in [5.41, 5.74) is 1.93. The van der Waals surface area contributed by atoms with Gasteiger partial charge in [-0.2, -0.15) is 0 Å². The maximum absolute atomic E-state index is 12.3. The van der Waals surface area contributed by atoms with Gasteiger partial charge in [0, 0.05) is 11.4 Å². The highest BCUT2D eigenvalue weighted by atomic mass is 35.5. The molecular formula is C19H20ClNO3S. The van der Waals surface area contributed by atoms with E-state index in [1.54, 1.807) is 30.8 Å². The molecule has 2 aromatic carbocycles. The van der Waals surface area contributed by atoms with Gasteiger partial charge in [0.25, 0.3) is 0 Å². The van der Waals surface area contributed by atoms with Gasteiger partial charge in [-0.3, -0.25) is 4.79 Å². The molecule has 1 atom stereocenters. The normalized spacial score (nSPS) is 11.6. The van der Waals surface area contributed by atoms with E-state index in [0.29, 0.717) is 10.7 Å². The lowest BCUT2D eigenvalue weighted by atomic mass is 10.2. The highest BCUT2D eigenvalue weighted by molar-refractivity contribution is 7.99. The number of esters is 1. The largest absolute Gasteiger partial charge is 0.462 e. The van der Waals surface area contributed by atoms with E-state index in [1.165, 1.54) is 11.6 Å². The Morgan fingerprint density at radius 2 is 1.92 bits per heavy atom. The van der Waals surface area contributed by atoms with E-state index in [9.17, 15) is 9.59 Å². The quantitative estimate of drug-likeness (QED) is 0.705. The van der Waals surface area contributed by atoms with Gasteiger partial charge in [0.2, 0.25) is 5.91 Å². The Balaban J connectivity index is 1.97. The van der Waals surface area contributed by atoms with Crippen molar-refractivity contribution in [3.8, 4) is 0 Å². The third-order valence-corrected chi connectivity index (χ3v) is 4.98. The molecule has 0 saturated heterocycles. The molecule has 2 aromatic rings. The van der Waals surface area contributed by atoms with Crippen molar-refractivity contribution in [2.75, 3.05) is 11.9 Å². The van der Waals surface area contributed by atoms with E-state index in [2.05, 4.69) is 5.32 Å². The Kier molecular flexibility index (Phi) is 7.34. The summed E-state index contributed by atoms with van der Waals surface area (Å²) in [6.45, 7) is 3.84. The van der Waals surface area contributed by atoms with Gasteiger partial charge in [-0.15, -0.1) is 11.8 Å². The van der Waals surface area contributed by atoms with Crippen molar-refractivity contribution in [1.82, 2.24) is 0 Å². The molecule has 2 rings (SSSR count). The number of benzene rings is 2. The number of anilines is 1. The molecule has 0 aliphatic heterocycles. The lowest BCUT2D eigenvalue weighted by molar-refractivity contribution is -0.115. The summed E-state index contributed by atoms with van der Waals surface area (Å²) in [7, 11) is 0. The number of hydrogen-bond acceptors (Lipinski definition) is 4. The molecule has 4 nitrogen and oxygen atoms in total. The molecule has 0 aromatic heterocycles. The average Bonchev–Trinajstić information content (AvgIpc) is 2.62. The Morgan fingerprint density at radius 3 is 2.60 bits per heavy atom. The third-order valence-electron chi connectivity index (χ3n) is 3.44. The summed E-state index contributed by atoms with van der Waals surface area (Å²) < 4.78 is 4.96. The fourth-order valence-electron chi connectivity index (χ4n) is 2.08. The summed E-state index contributed by atoms with van der Waals surface area (Å²) >= 11 is 7.57. The first-order valence-electron chi connectivity index (χ1n) is 7.94. The van der Waals surface area contributed by atoms with Crippen LogP contribution in [0.2, 0.25) is 5.02 Å². The lowest BCUT2D eigenvalue weighted by Crippen LogP contribution is -2.22. The molecule has 0 bridgehead atoms. The maximum atomic E-state index is 12.3. The van der Waals surface area contributed by atoms with Crippen molar-refractivity contribution < 1.29 is 14.3 Å². The topological polar surface area (TPSA) is 55.4 Å². The highest BCUT2D eigenvalue weighted by Crippen LogP contribution is 2.23. The molecule has 0 aliphatic carbocycles. The molecule has 6 heteroatoms. The Morgan fingerprint density at radius 1 is 1.20 bits per heavy atom. The number of carbonyl (C=O) groups is 2. The van der Waals surface area contributed by atoms with Crippen molar-refractivity contribution in [3.63, 3.8) is 0 Å². The fraction of sp³-hybridized carbons (Fsp3) is 0.263. The minimum Gasteiger partial charge on any atom is -0.462 e. The molecule has 0 spiro atoms. The monoisotopic (exact) mass is 377 g/mol. The van der Waals surface area contributed by atoms with Crippen molar-refractivity contribution in [1.29, 1.82) is 0 Å². The maximum Gasteiger partial charge on any atom is 0.339 e. The molecule has 132 valence electrons. The molecule has 0 radical (unpaired) electrons.